The molecule has 2 rings (SSSR count). The molecule has 1 atom stereocenters. The Bertz CT molecular complexity index is 851. The van der Waals surface area contributed by atoms with Gasteiger partial charge < -0.3 is 19.9 Å². The molecule has 26 heavy (non-hydrogen) atoms. The number of phenols is 1. The molecule has 1 unspecified atom stereocenters. The number of nitrogens with zero attached hydrogens (tertiary/aromatic N) is 1. The number of rotatable bonds is 6. The average Bonchev–Trinajstić information content (AvgIpc) is 2.61. The minimum absolute atomic E-state index is 0.0637. The molecular formula is C17H16N2O7. The molecule has 0 heterocycles. The van der Waals surface area contributed by atoms with E-state index >= 15 is 0 Å². The van der Waals surface area contributed by atoms with Crippen molar-refractivity contribution in [3.63, 3.8) is 0 Å². The average molecular weight is 360 g/mol. The molecule has 0 aliphatic rings. The van der Waals surface area contributed by atoms with Gasteiger partial charge in [-0.15, -0.1) is 0 Å². The quantitative estimate of drug-likeness (QED) is 0.460. The van der Waals surface area contributed by atoms with E-state index in [1.807, 2.05) is 0 Å². The molecule has 0 bridgehead atoms. The van der Waals surface area contributed by atoms with Crippen LogP contribution in [0.3, 0.4) is 0 Å². The van der Waals surface area contributed by atoms with Gasteiger partial charge in [-0.25, -0.2) is 4.79 Å². The predicted octanol–water partition coefficient (Wildman–Crippen LogP) is 2.49. The number of hydrogen-bond acceptors (Lipinski definition) is 7. The summed E-state index contributed by atoms with van der Waals surface area (Å²) in [5, 5.41) is 23.1. The lowest BCUT2D eigenvalue weighted by molar-refractivity contribution is -0.384. The number of hydrogen-bond donors (Lipinski definition) is 2. The Hall–Kier alpha value is -3.62. The lowest BCUT2D eigenvalue weighted by atomic mass is 10.2. The number of aromatic hydroxyl groups is 1. The van der Waals surface area contributed by atoms with Crippen molar-refractivity contribution in [3.8, 4) is 11.5 Å². The van der Waals surface area contributed by atoms with Crippen molar-refractivity contribution in [1.82, 2.24) is 0 Å². The Labute approximate surface area is 148 Å². The first kappa shape index (κ1) is 18.7. The van der Waals surface area contributed by atoms with Gasteiger partial charge in [0.1, 0.15) is 22.7 Å². The number of nitro groups is 1. The molecule has 0 aliphatic carbocycles. The van der Waals surface area contributed by atoms with Crippen molar-refractivity contribution in [2.75, 3.05) is 12.4 Å². The molecule has 0 aromatic heterocycles. The van der Waals surface area contributed by atoms with Crippen LogP contribution in [0, 0.1) is 10.1 Å². The topological polar surface area (TPSA) is 128 Å². The Balaban J connectivity index is 2.11. The Kier molecular flexibility index (Phi) is 5.74. The Morgan fingerprint density at radius 3 is 2.54 bits per heavy atom. The summed E-state index contributed by atoms with van der Waals surface area (Å²) in [5.41, 5.74) is -0.522. The molecule has 0 saturated heterocycles. The number of amides is 1. The van der Waals surface area contributed by atoms with E-state index in [1.54, 1.807) is 0 Å². The summed E-state index contributed by atoms with van der Waals surface area (Å²) in [6.07, 6.45) is -1.25. The molecule has 9 nitrogen and oxygen atoms in total. The van der Waals surface area contributed by atoms with Crippen LogP contribution in [-0.2, 0) is 9.53 Å². The highest BCUT2D eigenvalue weighted by molar-refractivity contribution is 5.99. The first-order chi connectivity index (χ1) is 12.3. The van der Waals surface area contributed by atoms with Gasteiger partial charge in [-0.2, -0.15) is 0 Å². The summed E-state index contributed by atoms with van der Waals surface area (Å²) in [6, 6.07) is 9.63. The number of ether oxygens (including phenoxy) is 2. The number of carbonyl (C=O) groups excluding carboxylic acids is 2. The van der Waals surface area contributed by atoms with Crippen molar-refractivity contribution in [2.45, 2.75) is 13.0 Å². The molecule has 136 valence electrons. The Morgan fingerprint density at radius 2 is 1.92 bits per heavy atom. The van der Waals surface area contributed by atoms with Crippen LogP contribution in [0.2, 0.25) is 0 Å². The Morgan fingerprint density at radius 1 is 1.23 bits per heavy atom. The van der Waals surface area contributed by atoms with E-state index in [0.717, 1.165) is 6.07 Å². The van der Waals surface area contributed by atoms with Crippen LogP contribution in [0.15, 0.2) is 42.5 Å². The van der Waals surface area contributed by atoms with Gasteiger partial charge in [0.2, 0.25) is 0 Å². The largest absolute Gasteiger partial charge is 0.507 e. The molecular weight excluding hydrogens is 344 g/mol. The maximum Gasteiger partial charge on any atom is 0.342 e. The van der Waals surface area contributed by atoms with Crippen molar-refractivity contribution in [3.05, 3.63) is 58.1 Å². The van der Waals surface area contributed by atoms with Crippen molar-refractivity contribution < 1.29 is 29.1 Å². The second kappa shape index (κ2) is 7.97. The maximum absolute atomic E-state index is 12.2. The van der Waals surface area contributed by atoms with Crippen LogP contribution in [0.4, 0.5) is 11.4 Å². The fourth-order valence-electron chi connectivity index (χ4n) is 2.05. The molecule has 0 spiro atoms. The third-order valence-electron chi connectivity index (χ3n) is 3.44. The van der Waals surface area contributed by atoms with Gasteiger partial charge in [0.15, 0.2) is 6.10 Å². The maximum atomic E-state index is 12.2. The van der Waals surface area contributed by atoms with Gasteiger partial charge in [-0.3, -0.25) is 14.9 Å². The van der Waals surface area contributed by atoms with Crippen LogP contribution in [-0.4, -0.2) is 35.1 Å². The lowest BCUT2D eigenvalue weighted by Gasteiger charge is -2.14. The summed E-state index contributed by atoms with van der Waals surface area (Å²) < 4.78 is 9.91. The van der Waals surface area contributed by atoms with Crippen molar-refractivity contribution in [2.24, 2.45) is 0 Å². The predicted molar refractivity (Wildman–Crippen MR) is 91.3 cm³/mol. The SMILES string of the molecule is COc1ccc(NC(=O)C(C)OC(=O)c2ccccc2O)c([N+](=O)[O-])c1. The molecule has 0 fully saturated rings. The first-order valence-corrected chi connectivity index (χ1v) is 7.45. The number of nitro benzene ring substituents is 1. The van der Waals surface area contributed by atoms with Crippen molar-refractivity contribution >= 4 is 23.3 Å². The fraction of sp³-hybridized carbons (Fsp3) is 0.176. The number of nitrogens with one attached hydrogen (secondary N) is 1. The fourth-order valence-corrected chi connectivity index (χ4v) is 2.05. The van der Waals surface area contributed by atoms with E-state index in [-0.39, 0.29) is 28.4 Å². The standard InChI is InChI=1S/C17H16N2O7/c1-10(26-17(22)12-5-3-4-6-15(12)20)16(21)18-13-8-7-11(25-2)9-14(13)19(23)24/h3-10,20H,1-2H3,(H,18,21). The van der Waals surface area contributed by atoms with Crippen LogP contribution in [0.1, 0.15) is 17.3 Å². The van der Waals surface area contributed by atoms with Crippen molar-refractivity contribution in [1.29, 1.82) is 0 Å². The first-order valence-electron chi connectivity index (χ1n) is 7.45. The number of methoxy groups -OCH3 is 1. The number of esters is 1. The number of carbonyl (C=O) groups is 2. The highest BCUT2D eigenvalue weighted by Gasteiger charge is 2.24. The monoisotopic (exact) mass is 360 g/mol. The van der Waals surface area contributed by atoms with E-state index < -0.39 is 22.9 Å². The molecule has 2 aromatic carbocycles. The van der Waals surface area contributed by atoms with E-state index in [9.17, 15) is 24.8 Å². The number of para-hydroxylation sites is 1. The molecule has 1 amide bonds. The summed E-state index contributed by atoms with van der Waals surface area (Å²) in [6.45, 7) is 1.31. The van der Waals surface area contributed by atoms with Gasteiger partial charge in [-0.05, 0) is 31.2 Å². The summed E-state index contributed by atoms with van der Waals surface area (Å²) in [7, 11) is 1.36. The highest BCUT2D eigenvalue weighted by Crippen LogP contribution is 2.29. The smallest absolute Gasteiger partial charge is 0.342 e. The molecule has 0 saturated carbocycles. The van der Waals surface area contributed by atoms with E-state index in [2.05, 4.69) is 5.32 Å². The zero-order valence-corrected chi connectivity index (χ0v) is 14.0. The van der Waals surface area contributed by atoms with Crippen LogP contribution < -0.4 is 10.1 Å². The van der Waals surface area contributed by atoms with Gasteiger partial charge >= 0.3 is 5.97 Å². The zero-order valence-electron chi connectivity index (χ0n) is 14.0. The van der Waals surface area contributed by atoms with Gasteiger partial charge in [0.25, 0.3) is 11.6 Å². The number of phenolic OH excluding ortho intramolecular Hbond substituents is 1. The minimum Gasteiger partial charge on any atom is -0.507 e. The lowest BCUT2D eigenvalue weighted by Crippen LogP contribution is -2.30. The number of anilines is 1. The second-order valence-electron chi connectivity index (χ2n) is 5.19. The molecule has 0 aliphatic heterocycles. The second-order valence-corrected chi connectivity index (χ2v) is 5.19. The van der Waals surface area contributed by atoms with E-state index in [0.29, 0.717) is 0 Å². The third-order valence-corrected chi connectivity index (χ3v) is 3.44. The van der Waals surface area contributed by atoms with Gasteiger partial charge in [-0.1, -0.05) is 12.1 Å². The summed E-state index contributed by atoms with van der Waals surface area (Å²) in [4.78, 5) is 34.7. The van der Waals surface area contributed by atoms with Crippen LogP contribution in [0.5, 0.6) is 11.5 Å². The van der Waals surface area contributed by atoms with Crippen LogP contribution >= 0.6 is 0 Å². The highest BCUT2D eigenvalue weighted by atomic mass is 16.6. The zero-order chi connectivity index (χ0) is 19.3. The summed E-state index contributed by atoms with van der Waals surface area (Å²) >= 11 is 0. The van der Waals surface area contributed by atoms with Crippen LogP contribution in [0.25, 0.3) is 0 Å². The number of benzene rings is 2. The molecule has 2 N–H and O–H groups in total. The third kappa shape index (κ3) is 4.26. The molecule has 2 aromatic rings. The molecule has 0 radical (unpaired) electrons. The van der Waals surface area contributed by atoms with E-state index in [4.69, 9.17) is 9.47 Å². The normalized spacial score (nSPS) is 11.3. The van der Waals surface area contributed by atoms with E-state index in [1.165, 1.54) is 50.4 Å². The summed E-state index contributed by atoms with van der Waals surface area (Å²) in [5.74, 6) is -1.68. The van der Waals surface area contributed by atoms with Gasteiger partial charge in [0, 0.05) is 0 Å². The minimum atomic E-state index is -1.25. The molecule has 9 heteroatoms. The van der Waals surface area contributed by atoms with Gasteiger partial charge in [0.05, 0.1) is 18.1 Å².